The zero-order valence-corrected chi connectivity index (χ0v) is 18.1. The van der Waals surface area contributed by atoms with Crippen molar-refractivity contribution in [3.63, 3.8) is 0 Å². The molecule has 31 heavy (non-hydrogen) atoms. The number of aliphatic hydroxyl groups is 2. The van der Waals surface area contributed by atoms with Crippen molar-refractivity contribution in [2.24, 2.45) is 17.3 Å². The normalized spacial score (nSPS) is 38.9. The minimum Gasteiger partial charge on any atom is -0.493 e. The van der Waals surface area contributed by atoms with Crippen LogP contribution in [0.3, 0.4) is 0 Å². The highest BCUT2D eigenvalue weighted by molar-refractivity contribution is 5.77. The van der Waals surface area contributed by atoms with E-state index < -0.39 is 23.6 Å². The number of piperidine rings is 1. The van der Waals surface area contributed by atoms with Gasteiger partial charge in [0.1, 0.15) is 11.9 Å². The number of amides is 1. The number of nitrogens with zero attached hydrogens (tertiary/aromatic N) is 1. The van der Waals surface area contributed by atoms with E-state index in [2.05, 4.69) is 0 Å². The van der Waals surface area contributed by atoms with E-state index in [0.717, 1.165) is 32.1 Å². The molecule has 1 amide bonds. The molecule has 0 aromatic heterocycles. The first kappa shape index (κ1) is 21.0. The highest BCUT2D eigenvalue weighted by Gasteiger charge is 2.57. The number of carbonyl (C=O) groups is 1. The molecular formula is C24H32FNO5. The molecule has 5 aliphatic rings. The lowest BCUT2D eigenvalue weighted by molar-refractivity contribution is -0.173. The van der Waals surface area contributed by atoms with Crippen LogP contribution in [-0.4, -0.2) is 59.0 Å². The minimum absolute atomic E-state index is 0.0807. The summed E-state index contributed by atoms with van der Waals surface area (Å²) in [5.74, 6) is 1.36. The van der Waals surface area contributed by atoms with Crippen molar-refractivity contribution in [2.75, 3.05) is 20.2 Å². The van der Waals surface area contributed by atoms with Gasteiger partial charge in [-0.25, -0.2) is 4.39 Å². The van der Waals surface area contributed by atoms with Crippen molar-refractivity contribution in [1.29, 1.82) is 0 Å². The van der Waals surface area contributed by atoms with Gasteiger partial charge in [-0.3, -0.25) is 4.79 Å². The minimum atomic E-state index is -0.709. The van der Waals surface area contributed by atoms with E-state index in [4.69, 9.17) is 9.47 Å². The second-order valence-corrected chi connectivity index (χ2v) is 10.5. The summed E-state index contributed by atoms with van der Waals surface area (Å²) in [5, 5.41) is 21.5. The van der Waals surface area contributed by atoms with Crippen LogP contribution in [0.1, 0.15) is 51.4 Å². The van der Waals surface area contributed by atoms with Gasteiger partial charge in [0.2, 0.25) is 5.91 Å². The maximum atomic E-state index is 13.5. The molecule has 4 aliphatic carbocycles. The molecule has 1 saturated heterocycles. The van der Waals surface area contributed by atoms with Crippen molar-refractivity contribution in [1.82, 2.24) is 4.90 Å². The first-order valence-electron chi connectivity index (χ1n) is 11.4. The van der Waals surface area contributed by atoms with Crippen molar-refractivity contribution < 1.29 is 28.9 Å². The number of benzene rings is 1. The molecule has 1 heterocycles. The highest BCUT2D eigenvalue weighted by atomic mass is 19.1. The van der Waals surface area contributed by atoms with Gasteiger partial charge in [0, 0.05) is 19.0 Å². The lowest BCUT2D eigenvalue weighted by Gasteiger charge is -2.60. The number of methoxy groups -OCH3 is 1. The Balaban J connectivity index is 1.26. The lowest BCUT2D eigenvalue weighted by Crippen LogP contribution is -2.57. The highest BCUT2D eigenvalue weighted by Crippen LogP contribution is 2.62. The molecule has 5 fully saturated rings. The van der Waals surface area contributed by atoms with Crippen molar-refractivity contribution in [2.45, 2.75) is 69.2 Å². The summed E-state index contributed by atoms with van der Waals surface area (Å²) in [7, 11) is 1.44. The van der Waals surface area contributed by atoms with Gasteiger partial charge >= 0.3 is 0 Å². The van der Waals surface area contributed by atoms with Gasteiger partial charge in [-0.05, 0) is 74.3 Å². The summed E-state index contributed by atoms with van der Waals surface area (Å²) in [6, 6.07) is 4.01. The smallest absolute Gasteiger partial charge is 0.223 e. The van der Waals surface area contributed by atoms with E-state index in [1.807, 2.05) is 0 Å². The van der Waals surface area contributed by atoms with Crippen LogP contribution in [-0.2, 0) is 4.79 Å². The van der Waals surface area contributed by atoms with Crippen molar-refractivity contribution >= 4 is 5.91 Å². The molecule has 6 rings (SSSR count). The Morgan fingerprint density at radius 1 is 1.23 bits per heavy atom. The fraction of sp³-hybridized carbons (Fsp3) is 0.708. The van der Waals surface area contributed by atoms with Crippen LogP contribution in [0.5, 0.6) is 11.5 Å². The number of likely N-dealkylation sites (tertiary alicyclic amines) is 1. The molecule has 7 heteroatoms. The average Bonchev–Trinajstić information content (AvgIpc) is 2.68. The maximum Gasteiger partial charge on any atom is 0.223 e. The molecule has 4 bridgehead atoms. The Kier molecular flexibility index (Phi) is 5.17. The maximum absolute atomic E-state index is 13.5. The van der Waals surface area contributed by atoms with Crippen LogP contribution in [0.25, 0.3) is 0 Å². The fourth-order valence-electron chi connectivity index (χ4n) is 7.19. The summed E-state index contributed by atoms with van der Waals surface area (Å²) >= 11 is 0. The summed E-state index contributed by atoms with van der Waals surface area (Å²) in [6.45, 7) is 0.779. The van der Waals surface area contributed by atoms with Crippen LogP contribution in [0.2, 0.25) is 0 Å². The third kappa shape index (κ3) is 4.02. The molecule has 4 atom stereocenters. The quantitative estimate of drug-likeness (QED) is 0.747. The van der Waals surface area contributed by atoms with Crippen molar-refractivity contribution in [3.8, 4) is 11.5 Å². The van der Waals surface area contributed by atoms with Gasteiger partial charge in [-0.1, -0.05) is 0 Å². The van der Waals surface area contributed by atoms with Gasteiger partial charge in [-0.2, -0.15) is 0 Å². The van der Waals surface area contributed by atoms with Crippen LogP contribution in [0, 0.1) is 23.1 Å². The number of aliphatic hydroxyl groups excluding tert-OH is 1. The number of hydrogen-bond acceptors (Lipinski definition) is 5. The second kappa shape index (κ2) is 7.62. The van der Waals surface area contributed by atoms with E-state index in [1.54, 1.807) is 4.90 Å². The van der Waals surface area contributed by atoms with Crippen LogP contribution < -0.4 is 9.47 Å². The first-order chi connectivity index (χ1) is 14.8. The summed E-state index contributed by atoms with van der Waals surface area (Å²) in [6.07, 6.45) is 5.40. The monoisotopic (exact) mass is 433 g/mol. The summed E-state index contributed by atoms with van der Waals surface area (Å²) in [4.78, 5) is 15.1. The third-order valence-corrected chi connectivity index (χ3v) is 7.96. The number of ether oxygens (including phenoxy) is 2. The Morgan fingerprint density at radius 3 is 2.65 bits per heavy atom. The topological polar surface area (TPSA) is 79.2 Å². The largest absolute Gasteiger partial charge is 0.493 e. The molecule has 0 spiro atoms. The van der Waals surface area contributed by atoms with Crippen LogP contribution in [0.4, 0.5) is 4.39 Å². The molecule has 4 saturated carbocycles. The summed E-state index contributed by atoms with van der Waals surface area (Å²) in [5.41, 5.74) is -0.657. The molecule has 1 aromatic carbocycles. The van der Waals surface area contributed by atoms with Gasteiger partial charge in [0.05, 0.1) is 25.4 Å². The zero-order valence-electron chi connectivity index (χ0n) is 18.1. The Hall–Kier alpha value is -1.86. The van der Waals surface area contributed by atoms with Crippen molar-refractivity contribution in [3.05, 3.63) is 24.0 Å². The fourth-order valence-corrected chi connectivity index (χ4v) is 7.19. The molecule has 1 aliphatic heterocycles. The molecule has 6 nitrogen and oxygen atoms in total. The SMILES string of the molecule is COc1cc(F)ccc1O[C@@H]1CN(C(=O)CC23CC4CC(CC(O)(C4)C2)C3)CC[C@H]1O. The number of hydrogen-bond donors (Lipinski definition) is 2. The van der Waals surface area contributed by atoms with E-state index >= 15 is 0 Å². The summed E-state index contributed by atoms with van der Waals surface area (Å²) < 4.78 is 24.6. The molecular weight excluding hydrogens is 401 g/mol. The Bertz CT molecular complexity index is 846. The van der Waals surface area contributed by atoms with Gasteiger partial charge < -0.3 is 24.6 Å². The Morgan fingerprint density at radius 2 is 1.97 bits per heavy atom. The van der Waals surface area contributed by atoms with E-state index in [-0.39, 0.29) is 23.6 Å². The van der Waals surface area contributed by atoms with E-state index in [0.29, 0.717) is 37.0 Å². The van der Waals surface area contributed by atoms with Crippen LogP contribution in [0.15, 0.2) is 18.2 Å². The number of rotatable bonds is 5. The first-order valence-corrected chi connectivity index (χ1v) is 11.4. The van der Waals surface area contributed by atoms with E-state index in [1.165, 1.54) is 31.7 Å². The van der Waals surface area contributed by atoms with E-state index in [9.17, 15) is 19.4 Å². The standard InChI is InChI=1S/C24H32FNO5/c1-30-20-7-17(25)2-3-19(20)31-21-13-26(5-4-18(21)27)22(28)12-23-8-15-6-16(9-23)11-24(29,10-15)14-23/h2-3,7,15-16,18,21,27,29H,4-6,8-14H2,1H3/t15?,16?,18-,21-,23?,24?/m1/s1. The average molecular weight is 434 g/mol. The number of halogens is 1. The van der Waals surface area contributed by atoms with Gasteiger partial charge in [0.25, 0.3) is 0 Å². The zero-order chi connectivity index (χ0) is 21.8. The van der Waals surface area contributed by atoms with Crippen LogP contribution >= 0.6 is 0 Å². The molecule has 2 N–H and O–H groups in total. The number of carbonyl (C=O) groups excluding carboxylic acids is 1. The second-order valence-electron chi connectivity index (χ2n) is 10.5. The predicted octanol–water partition coefficient (Wildman–Crippen LogP) is 2.90. The molecule has 0 radical (unpaired) electrons. The molecule has 2 unspecified atom stereocenters. The Labute approximate surface area is 182 Å². The van der Waals surface area contributed by atoms with Gasteiger partial charge in [-0.15, -0.1) is 0 Å². The van der Waals surface area contributed by atoms with Gasteiger partial charge in [0.15, 0.2) is 11.5 Å². The molecule has 1 aromatic rings. The molecule has 170 valence electrons. The lowest BCUT2D eigenvalue weighted by atomic mass is 9.47. The predicted molar refractivity (Wildman–Crippen MR) is 111 cm³/mol. The third-order valence-electron chi connectivity index (χ3n) is 7.96.